The standard InChI is InChI=1S/C11H17N3O4/c1-4-17-11(16)12-5-6-14(9(3)15)10-7-8(2)18-13-10/h7H,4-6H2,1-3H3,(H,12,16). The highest BCUT2D eigenvalue weighted by atomic mass is 16.5. The lowest BCUT2D eigenvalue weighted by atomic mass is 10.4. The molecule has 100 valence electrons. The molecule has 0 bridgehead atoms. The van der Waals surface area contributed by atoms with Crippen LogP contribution in [0.1, 0.15) is 19.6 Å². The number of carbonyl (C=O) groups excluding carboxylic acids is 2. The SMILES string of the molecule is CCOC(=O)NCCN(C(C)=O)c1cc(C)on1. The van der Waals surface area contributed by atoms with E-state index < -0.39 is 6.09 Å². The molecular weight excluding hydrogens is 238 g/mol. The Morgan fingerprint density at radius 1 is 1.56 bits per heavy atom. The van der Waals surface area contributed by atoms with Crippen LogP contribution in [0.5, 0.6) is 0 Å². The number of hydrogen-bond donors (Lipinski definition) is 1. The summed E-state index contributed by atoms with van der Waals surface area (Å²) in [6.07, 6.45) is -0.502. The van der Waals surface area contributed by atoms with Crippen LogP contribution in [0.4, 0.5) is 10.6 Å². The van der Waals surface area contributed by atoms with Gasteiger partial charge in [-0.3, -0.25) is 9.69 Å². The van der Waals surface area contributed by atoms with Gasteiger partial charge in [0.15, 0.2) is 5.82 Å². The zero-order valence-electron chi connectivity index (χ0n) is 10.7. The molecule has 0 radical (unpaired) electrons. The highest BCUT2D eigenvalue weighted by Gasteiger charge is 2.15. The van der Waals surface area contributed by atoms with E-state index in [9.17, 15) is 9.59 Å². The van der Waals surface area contributed by atoms with Crippen LogP contribution < -0.4 is 10.2 Å². The molecule has 7 heteroatoms. The third-order valence-electron chi connectivity index (χ3n) is 2.15. The van der Waals surface area contributed by atoms with Gasteiger partial charge in [-0.2, -0.15) is 0 Å². The zero-order valence-corrected chi connectivity index (χ0v) is 10.7. The molecule has 0 atom stereocenters. The first kappa shape index (κ1) is 14.0. The molecule has 0 aliphatic carbocycles. The fraction of sp³-hybridized carbons (Fsp3) is 0.545. The van der Waals surface area contributed by atoms with Crippen molar-refractivity contribution >= 4 is 17.8 Å². The first-order valence-corrected chi connectivity index (χ1v) is 5.66. The highest BCUT2D eigenvalue weighted by Crippen LogP contribution is 2.13. The van der Waals surface area contributed by atoms with Gasteiger partial charge in [-0.25, -0.2) is 4.79 Å². The maximum Gasteiger partial charge on any atom is 0.407 e. The Bertz CT molecular complexity index is 416. The van der Waals surface area contributed by atoms with Gasteiger partial charge in [-0.05, 0) is 13.8 Å². The van der Waals surface area contributed by atoms with Crippen LogP contribution in [0.3, 0.4) is 0 Å². The van der Waals surface area contributed by atoms with E-state index in [1.807, 2.05) is 0 Å². The van der Waals surface area contributed by atoms with Gasteiger partial charge in [-0.1, -0.05) is 5.16 Å². The van der Waals surface area contributed by atoms with Gasteiger partial charge < -0.3 is 14.6 Å². The maximum absolute atomic E-state index is 11.5. The van der Waals surface area contributed by atoms with Crippen molar-refractivity contribution in [2.75, 3.05) is 24.6 Å². The third kappa shape index (κ3) is 4.08. The quantitative estimate of drug-likeness (QED) is 0.851. The second-order valence-electron chi connectivity index (χ2n) is 3.61. The van der Waals surface area contributed by atoms with E-state index in [2.05, 4.69) is 10.5 Å². The Morgan fingerprint density at radius 2 is 2.28 bits per heavy atom. The lowest BCUT2D eigenvalue weighted by Gasteiger charge is -2.17. The lowest BCUT2D eigenvalue weighted by molar-refractivity contribution is -0.116. The minimum atomic E-state index is -0.502. The van der Waals surface area contributed by atoms with Gasteiger partial charge in [0.2, 0.25) is 5.91 Å². The number of aryl methyl sites for hydroxylation is 1. The molecule has 1 N–H and O–H groups in total. The summed E-state index contributed by atoms with van der Waals surface area (Å²) >= 11 is 0. The highest BCUT2D eigenvalue weighted by molar-refractivity contribution is 5.90. The number of carbonyl (C=O) groups is 2. The van der Waals surface area contributed by atoms with E-state index in [4.69, 9.17) is 9.26 Å². The molecule has 2 amide bonds. The van der Waals surface area contributed by atoms with Gasteiger partial charge >= 0.3 is 6.09 Å². The number of anilines is 1. The van der Waals surface area contributed by atoms with Crippen molar-refractivity contribution in [1.29, 1.82) is 0 Å². The number of hydrogen-bond acceptors (Lipinski definition) is 5. The van der Waals surface area contributed by atoms with Crippen molar-refractivity contribution in [1.82, 2.24) is 10.5 Å². The summed E-state index contributed by atoms with van der Waals surface area (Å²) in [7, 11) is 0. The first-order valence-electron chi connectivity index (χ1n) is 5.66. The molecule has 0 saturated heterocycles. The predicted octanol–water partition coefficient (Wildman–Crippen LogP) is 1.08. The summed E-state index contributed by atoms with van der Waals surface area (Å²) < 4.78 is 9.61. The summed E-state index contributed by atoms with van der Waals surface area (Å²) in [5, 5.41) is 6.29. The van der Waals surface area contributed by atoms with E-state index >= 15 is 0 Å². The molecule has 7 nitrogen and oxygen atoms in total. The summed E-state index contributed by atoms with van der Waals surface area (Å²) in [5.74, 6) is 0.884. The molecule has 0 aliphatic heterocycles. The predicted molar refractivity (Wildman–Crippen MR) is 64.3 cm³/mol. The summed E-state index contributed by atoms with van der Waals surface area (Å²) in [6.45, 7) is 5.79. The van der Waals surface area contributed by atoms with Gasteiger partial charge in [0.05, 0.1) is 6.61 Å². The largest absolute Gasteiger partial charge is 0.450 e. The molecule has 1 aromatic heterocycles. The Labute approximate surface area is 105 Å². The Hall–Kier alpha value is -2.05. The number of nitrogens with zero attached hydrogens (tertiary/aromatic N) is 2. The van der Waals surface area contributed by atoms with Crippen molar-refractivity contribution in [3.05, 3.63) is 11.8 Å². The molecule has 0 saturated carbocycles. The Kier molecular flexibility index (Phi) is 5.16. The van der Waals surface area contributed by atoms with Gasteiger partial charge in [0, 0.05) is 26.1 Å². The fourth-order valence-electron chi connectivity index (χ4n) is 1.37. The van der Waals surface area contributed by atoms with Gasteiger partial charge in [0.25, 0.3) is 0 Å². The van der Waals surface area contributed by atoms with Crippen molar-refractivity contribution in [3.63, 3.8) is 0 Å². The molecule has 18 heavy (non-hydrogen) atoms. The number of ether oxygens (including phenoxy) is 1. The van der Waals surface area contributed by atoms with E-state index in [0.717, 1.165) is 0 Å². The van der Waals surface area contributed by atoms with Crippen LogP contribution in [0.2, 0.25) is 0 Å². The lowest BCUT2D eigenvalue weighted by Crippen LogP contribution is -2.37. The van der Waals surface area contributed by atoms with Crippen LogP contribution in [-0.4, -0.2) is 36.9 Å². The summed E-state index contributed by atoms with van der Waals surface area (Å²) in [6, 6.07) is 1.66. The molecule has 0 spiro atoms. The van der Waals surface area contributed by atoms with Crippen molar-refractivity contribution < 1.29 is 18.8 Å². The van der Waals surface area contributed by atoms with E-state index in [1.165, 1.54) is 11.8 Å². The normalized spacial score (nSPS) is 9.94. The number of amides is 2. The molecule has 0 aliphatic rings. The molecule has 0 fully saturated rings. The molecular formula is C11H17N3O4. The minimum Gasteiger partial charge on any atom is -0.450 e. The first-order chi connectivity index (χ1) is 8.54. The van der Waals surface area contributed by atoms with Crippen LogP contribution in [-0.2, 0) is 9.53 Å². The van der Waals surface area contributed by atoms with Crippen molar-refractivity contribution in [2.24, 2.45) is 0 Å². The summed E-state index contributed by atoms with van der Waals surface area (Å²) in [5.41, 5.74) is 0. The van der Waals surface area contributed by atoms with E-state index in [-0.39, 0.29) is 12.5 Å². The van der Waals surface area contributed by atoms with Crippen LogP contribution in [0.15, 0.2) is 10.6 Å². The number of nitrogens with one attached hydrogen (secondary N) is 1. The Balaban J connectivity index is 2.50. The molecule has 1 rings (SSSR count). The van der Waals surface area contributed by atoms with Gasteiger partial charge in [-0.15, -0.1) is 0 Å². The topological polar surface area (TPSA) is 84.7 Å². The summed E-state index contributed by atoms with van der Waals surface area (Å²) in [4.78, 5) is 23.9. The van der Waals surface area contributed by atoms with Gasteiger partial charge in [0.1, 0.15) is 5.76 Å². The molecule has 0 unspecified atom stereocenters. The van der Waals surface area contributed by atoms with E-state index in [1.54, 1.807) is 19.9 Å². The fourth-order valence-corrected chi connectivity index (χ4v) is 1.37. The second-order valence-corrected chi connectivity index (χ2v) is 3.61. The van der Waals surface area contributed by atoms with Crippen molar-refractivity contribution in [2.45, 2.75) is 20.8 Å². The average Bonchev–Trinajstić information content (AvgIpc) is 2.71. The molecule has 0 aromatic carbocycles. The Morgan fingerprint density at radius 3 is 2.78 bits per heavy atom. The van der Waals surface area contributed by atoms with Crippen LogP contribution in [0, 0.1) is 6.92 Å². The molecule has 1 heterocycles. The number of rotatable bonds is 5. The van der Waals surface area contributed by atoms with Crippen LogP contribution in [0.25, 0.3) is 0 Å². The number of alkyl carbamates (subject to hydrolysis) is 1. The molecule has 1 aromatic rings. The maximum atomic E-state index is 11.5. The van der Waals surface area contributed by atoms with E-state index in [0.29, 0.717) is 24.7 Å². The van der Waals surface area contributed by atoms with Crippen molar-refractivity contribution in [3.8, 4) is 0 Å². The third-order valence-corrected chi connectivity index (χ3v) is 2.15. The smallest absolute Gasteiger partial charge is 0.407 e. The minimum absolute atomic E-state index is 0.172. The number of aromatic nitrogens is 1. The van der Waals surface area contributed by atoms with Crippen LogP contribution >= 0.6 is 0 Å². The second kappa shape index (κ2) is 6.63. The monoisotopic (exact) mass is 255 g/mol. The zero-order chi connectivity index (χ0) is 13.5. The average molecular weight is 255 g/mol.